The Morgan fingerprint density at radius 3 is 2.75 bits per heavy atom. The molecule has 0 heterocycles. The summed E-state index contributed by atoms with van der Waals surface area (Å²) in [6, 6.07) is 4.83. The van der Waals surface area contributed by atoms with Crippen molar-refractivity contribution in [1.82, 2.24) is 5.32 Å². The summed E-state index contributed by atoms with van der Waals surface area (Å²) in [7, 11) is 1.80. The predicted molar refractivity (Wildman–Crippen MR) is 61.0 cm³/mol. The summed E-state index contributed by atoms with van der Waals surface area (Å²) in [5.74, 6) is 0.217. The van der Waals surface area contributed by atoms with Gasteiger partial charge in [0.05, 0.1) is 0 Å². The van der Waals surface area contributed by atoms with Crippen LogP contribution in [0, 0.1) is 5.82 Å². The van der Waals surface area contributed by atoms with Gasteiger partial charge in [-0.1, -0.05) is 6.07 Å². The van der Waals surface area contributed by atoms with E-state index in [1.807, 2.05) is 13.8 Å². The summed E-state index contributed by atoms with van der Waals surface area (Å²) in [5, 5.41) is 2.99. The highest BCUT2D eigenvalue weighted by Crippen LogP contribution is 2.21. The van der Waals surface area contributed by atoms with Crippen molar-refractivity contribution in [2.24, 2.45) is 0 Å². The normalized spacial score (nSPS) is 12.5. The molecule has 0 aromatic heterocycles. The molecule has 0 aliphatic carbocycles. The third kappa shape index (κ3) is 3.47. The number of rotatable bonds is 6. The third-order valence-corrected chi connectivity index (χ3v) is 2.38. The van der Waals surface area contributed by atoms with E-state index in [1.165, 1.54) is 6.07 Å². The maximum atomic E-state index is 13.6. The van der Waals surface area contributed by atoms with Crippen LogP contribution in [0.15, 0.2) is 18.2 Å². The van der Waals surface area contributed by atoms with Crippen molar-refractivity contribution < 1.29 is 13.9 Å². The van der Waals surface area contributed by atoms with Crippen molar-refractivity contribution >= 4 is 0 Å². The first-order valence-electron chi connectivity index (χ1n) is 5.36. The molecule has 0 saturated heterocycles. The number of ether oxygens (including phenoxy) is 2. The van der Waals surface area contributed by atoms with E-state index in [1.54, 1.807) is 19.2 Å². The van der Waals surface area contributed by atoms with Crippen molar-refractivity contribution in [3.05, 3.63) is 29.6 Å². The lowest BCUT2D eigenvalue weighted by Gasteiger charge is -2.13. The van der Waals surface area contributed by atoms with E-state index in [4.69, 9.17) is 9.47 Å². The second-order valence-corrected chi connectivity index (χ2v) is 3.45. The number of benzene rings is 1. The van der Waals surface area contributed by atoms with Gasteiger partial charge in [-0.3, -0.25) is 0 Å². The zero-order chi connectivity index (χ0) is 12.0. The maximum Gasteiger partial charge on any atom is 0.189 e. The van der Waals surface area contributed by atoms with Crippen molar-refractivity contribution in [2.75, 3.05) is 20.4 Å². The smallest absolute Gasteiger partial charge is 0.189 e. The molecule has 0 amide bonds. The van der Waals surface area contributed by atoms with Crippen LogP contribution in [-0.4, -0.2) is 20.4 Å². The first kappa shape index (κ1) is 12.9. The summed E-state index contributed by atoms with van der Waals surface area (Å²) in [6.07, 6.45) is 0. The summed E-state index contributed by atoms with van der Waals surface area (Å²) in [6.45, 7) is 4.51. The molecule has 16 heavy (non-hydrogen) atoms. The molecule has 0 aliphatic rings. The summed E-state index contributed by atoms with van der Waals surface area (Å²) < 4.78 is 23.9. The van der Waals surface area contributed by atoms with Crippen LogP contribution >= 0.6 is 0 Å². The largest absolute Gasteiger partial charge is 0.467 e. The lowest BCUT2D eigenvalue weighted by atomic mass is 10.1. The average Bonchev–Trinajstić information content (AvgIpc) is 2.29. The van der Waals surface area contributed by atoms with Crippen LogP contribution in [0.5, 0.6) is 5.75 Å². The van der Waals surface area contributed by atoms with Crippen LogP contribution in [0.4, 0.5) is 4.39 Å². The fraction of sp³-hybridized carbons (Fsp3) is 0.500. The second kappa shape index (κ2) is 6.45. The van der Waals surface area contributed by atoms with Gasteiger partial charge in [0.1, 0.15) is 11.6 Å². The Kier molecular flexibility index (Phi) is 5.22. The first-order valence-corrected chi connectivity index (χ1v) is 5.36. The Morgan fingerprint density at radius 2 is 2.19 bits per heavy atom. The first-order chi connectivity index (χ1) is 7.69. The van der Waals surface area contributed by atoms with E-state index in [-0.39, 0.29) is 18.7 Å². The molecule has 1 aromatic carbocycles. The van der Waals surface area contributed by atoms with Gasteiger partial charge >= 0.3 is 0 Å². The molecule has 1 aromatic rings. The Labute approximate surface area is 95.6 Å². The average molecular weight is 227 g/mol. The molecule has 0 radical (unpaired) electrons. The van der Waals surface area contributed by atoms with Gasteiger partial charge in [0.25, 0.3) is 0 Å². The zero-order valence-corrected chi connectivity index (χ0v) is 9.92. The molecule has 0 saturated carbocycles. The Bertz CT molecular complexity index is 331. The Balaban J connectivity index is 2.67. The summed E-state index contributed by atoms with van der Waals surface area (Å²) in [5.41, 5.74) is 0.631. The Hall–Kier alpha value is -1.13. The zero-order valence-electron chi connectivity index (χ0n) is 9.92. The minimum Gasteiger partial charge on any atom is -0.467 e. The number of nitrogens with one attached hydrogen (secondary N) is 1. The van der Waals surface area contributed by atoms with Gasteiger partial charge in [-0.15, -0.1) is 0 Å². The van der Waals surface area contributed by atoms with E-state index in [0.717, 1.165) is 0 Å². The van der Waals surface area contributed by atoms with Crippen LogP contribution < -0.4 is 10.1 Å². The molecule has 0 spiro atoms. The lowest BCUT2D eigenvalue weighted by Crippen LogP contribution is -2.14. The minimum atomic E-state index is -0.268. The molecule has 1 rings (SSSR count). The molecule has 90 valence electrons. The molecular weight excluding hydrogens is 209 g/mol. The standard InChI is InChI=1S/C12H18FNO2/c1-4-15-8-16-10-5-6-11(9(2)14-3)12(13)7-10/h5-7,9,14H,4,8H2,1-3H3. The number of hydrogen-bond donors (Lipinski definition) is 1. The van der Waals surface area contributed by atoms with Gasteiger partial charge in [0, 0.05) is 24.3 Å². The molecule has 1 unspecified atom stereocenters. The second-order valence-electron chi connectivity index (χ2n) is 3.45. The quantitative estimate of drug-likeness (QED) is 0.598. The van der Waals surface area contributed by atoms with E-state index >= 15 is 0 Å². The van der Waals surface area contributed by atoms with Crippen LogP contribution in [0.1, 0.15) is 25.5 Å². The molecule has 0 fully saturated rings. The van der Waals surface area contributed by atoms with E-state index in [9.17, 15) is 4.39 Å². The van der Waals surface area contributed by atoms with Crippen molar-refractivity contribution in [3.63, 3.8) is 0 Å². The predicted octanol–water partition coefficient (Wildman–Crippen LogP) is 2.48. The van der Waals surface area contributed by atoms with Gasteiger partial charge < -0.3 is 14.8 Å². The monoisotopic (exact) mass is 227 g/mol. The number of halogens is 1. The maximum absolute atomic E-state index is 13.6. The van der Waals surface area contributed by atoms with Crippen LogP contribution in [0.2, 0.25) is 0 Å². The highest BCUT2D eigenvalue weighted by atomic mass is 19.1. The molecule has 3 nitrogen and oxygen atoms in total. The fourth-order valence-electron chi connectivity index (χ4n) is 1.30. The van der Waals surface area contributed by atoms with Crippen molar-refractivity contribution in [2.45, 2.75) is 19.9 Å². The van der Waals surface area contributed by atoms with Gasteiger partial charge in [0.15, 0.2) is 6.79 Å². The minimum absolute atomic E-state index is 0.0130. The molecule has 4 heteroatoms. The van der Waals surface area contributed by atoms with Crippen LogP contribution in [0.3, 0.4) is 0 Å². The van der Waals surface area contributed by atoms with Crippen LogP contribution in [-0.2, 0) is 4.74 Å². The summed E-state index contributed by atoms with van der Waals surface area (Å²) in [4.78, 5) is 0. The van der Waals surface area contributed by atoms with Gasteiger partial charge in [0.2, 0.25) is 0 Å². The van der Waals surface area contributed by atoms with E-state index < -0.39 is 0 Å². The molecule has 1 atom stereocenters. The fourth-order valence-corrected chi connectivity index (χ4v) is 1.30. The van der Waals surface area contributed by atoms with Crippen molar-refractivity contribution in [1.29, 1.82) is 0 Å². The molecular formula is C12H18FNO2. The lowest BCUT2D eigenvalue weighted by molar-refractivity contribution is 0.0222. The molecule has 0 bridgehead atoms. The van der Waals surface area contributed by atoms with Gasteiger partial charge in [-0.25, -0.2) is 4.39 Å². The molecule has 0 aliphatic heterocycles. The van der Waals surface area contributed by atoms with E-state index in [0.29, 0.717) is 17.9 Å². The van der Waals surface area contributed by atoms with Gasteiger partial charge in [-0.2, -0.15) is 0 Å². The highest BCUT2D eigenvalue weighted by Gasteiger charge is 2.09. The topological polar surface area (TPSA) is 30.5 Å². The molecule has 1 N–H and O–H groups in total. The highest BCUT2D eigenvalue weighted by molar-refractivity contribution is 5.30. The third-order valence-electron chi connectivity index (χ3n) is 2.38. The van der Waals surface area contributed by atoms with Gasteiger partial charge in [-0.05, 0) is 27.0 Å². The SMILES string of the molecule is CCOCOc1ccc(C(C)NC)c(F)c1. The van der Waals surface area contributed by atoms with E-state index in [2.05, 4.69) is 5.32 Å². The summed E-state index contributed by atoms with van der Waals surface area (Å²) >= 11 is 0. The number of hydrogen-bond acceptors (Lipinski definition) is 3. The Morgan fingerprint density at radius 1 is 1.44 bits per heavy atom. The van der Waals surface area contributed by atoms with Crippen LogP contribution in [0.25, 0.3) is 0 Å². The van der Waals surface area contributed by atoms with Crippen molar-refractivity contribution in [3.8, 4) is 5.75 Å².